The van der Waals surface area contributed by atoms with Gasteiger partial charge in [0.1, 0.15) is 6.67 Å². The van der Waals surface area contributed by atoms with Gasteiger partial charge in [-0.3, -0.25) is 9.80 Å². The maximum absolute atomic E-state index is 8.76. The van der Waals surface area contributed by atoms with Crippen LogP contribution in [0.5, 0.6) is 0 Å². The summed E-state index contributed by atoms with van der Waals surface area (Å²) < 4.78 is 0. The van der Waals surface area contributed by atoms with Crippen LogP contribution in [0, 0.1) is 6.67 Å². The van der Waals surface area contributed by atoms with E-state index in [1.54, 1.807) is 0 Å². The number of aliphatic hydroxyl groups is 1. The first-order chi connectivity index (χ1) is 7.88. The number of hydrogen-bond acceptors (Lipinski definition) is 4. The number of aliphatic hydroxyl groups excluding tert-OH is 1. The van der Waals surface area contributed by atoms with Crippen LogP contribution in [0.15, 0.2) is 0 Å². The third-order valence-electron chi connectivity index (χ3n) is 3.39. The zero-order chi connectivity index (χ0) is 11.2. The number of likely N-dealkylation sites (tertiary alicyclic amines) is 1. The van der Waals surface area contributed by atoms with E-state index in [1.807, 2.05) is 0 Å². The summed E-state index contributed by atoms with van der Waals surface area (Å²) in [5.74, 6) is 0. The van der Waals surface area contributed by atoms with Gasteiger partial charge in [0.15, 0.2) is 0 Å². The van der Waals surface area contributed by atoms with Gasteiger partial charge in [0, 0.05) is 39.3 Å². The highest BCUT2D eigenvalue weighted by molar-refractivity contribution is 4.81. The van der Waals surface area contributed by atoms with E-state index >= 15 is 0 Å². The van der Waals surface area contributed by atoms with Crippen LogP contribution >= 0.6 is 0 Å². The first-order valence-electron chi connectivity index (χ1n) is 6.48. The topological polar surface area (TPSA) is 30.0 Å². The minimum atomic E-state index is 0.284. The Morgan fingerprint density at radius 1 is 0.875 bits per heavy atom. The molecule has 0 saturated carbocycles. The Kier molecular flexibility index (Phi) is 5.03. The zero-order valence-electron chi connectivity index (χ0n) is 10.1. The highest BCUT2D eigenvalue weighted by atomic mass is 16.3. The van der Waals surface area contributed by atoms with Crippen molar-refractivity contribution in [3.05, 3.63) is 6.67 Å². The summed E-state index contributed by atoms with van der Waals surface area (Å²) in [5, 5.41) is 8.76. The fraction of sp³-hybridized carbons (Fsp3) is 0.917. The van der Waals surface area contributed by atoms with E-state index in [2.05, 4.69) is 21.4 Å². The van der Waals surface area contributed by atoms with E-state index in [1.165, 1.54) is 32.5 Å². The molecule has 4 nitrogen and oxygen atoms in total. The van der Waals surface area contributed by atoms with Crippen molar-refractivity contribution in [2.75, 3.05) is 52.4 Å². The van der Waals surface area contributed by atoms with Crippen molar-refractivity contribution in [2.45, 2.75) is 19.3 Å². The Bertz CT molecular complexity index is 195. The van der Waals surface area contributed by atoms with Gasteiger partial charge in [-0.25, -0.2) is 0 Å². The molecule has 0 spiro atoms. The summed E-state index contributed by atoms with van der Waals surface area (Å²) in [6.45, 7) is 11.6. The molecular formula is C12H23N3O. The Morgan fingerprint density at radius 2 is 1.56 bits per heavy atom. The van der Waals surface area contributed by atoms with Crippen LogP contribution in [0.25, 0.3) is 0 Å². The summed E-state index contributed by atoms with van der Waals surface area (Å²) in [5.41, 5.74) is 0. The van der Waals surface area contributed by atoms with E-state index in [0.29, 0.717) is 0 Å². The molecule has 0 aromatic heterocycles. The lowest BCUT2D eigenvalue weighted by Gasteiger charge is -2.20. The molecule has 2 rings (SSSR count). The predicted molar refractivity (Wildman–Crippen MR) is 63.8 cm³/mol. The average molecular weight is 225 g/mol. The van der Waals surface area contributed by atoms with Crippen molar-refractivity contribution in [1.82, 2.24) is 14.7 Å². The quantitative estimate of drug-likeness (QED) is 0.693. The van der Waals surface area contributed by atoms with E-state index < -0.39 is 0 Å². The zero-order valence-corrected chi connectivity index (χ0v) is 10.1. The van der Waals surface area contributed by atoms with E-state index in [9.17, 15) is 0 Å². The van der Waals surface area contributed by atoms with Crippen molar-refractivity contribution in [1.29, 1.82) is 0 Å². The van der Waals surface area contributed by atoms with Gasteiger partial charge < -0.3 is 10.0 Å². The molecule has 0 aliphatic carbocycles. The van der Waals surface area contributed by atoms with Crippen LogP contribution in [0.4, 0.5) is 0 Å². The predicted octanol–water partition coefficient (Wildman–Crippen LogP) is 0.0785. The Hall–Kier alpha value is -0.160. The van der Waals surface area contributed by atoms with Crippen molar-refractivity contribution >= 4 is 0 Å². The largest absolute Gasteiger partial charge is 0.396 e. The monoisotopic (exact) mass is 225 g/mol. The Labute approximate surface area is 98.8 Å². The number of hydrogen-bond donors (Lipinski definition) is 1. The van der Waals surface area contributed by atoms with Gasteiger partial charge in [-0.05, 0) is 32.4 Å². The smallest absolute Gasteiger partial charge is 0.146 e. The van der Waals surface area contributed by atoms with Crippen molar-refractivity contribution < 1.29 is 5.11 Å². The Morgan fingerprint density at radius 3 is 2.25 bits per heavy atom. The Balaban J connectivity index is 1.57. The van der Waals surface area contributed by atoms with Crippen molar-refractivity contribution in [3.63, 3.8) is 0 Å². The van der Waals surface area contributed by atoms with E-state index in [-0.39, 0.29) is 6.61 Å². The second-order valence-electron chi connectivity index (χ2n) is 4.70. The molecule has 2 radical (unpaired) electrons. The molecule has 0 aromatic carbocycles. The summed E-state index contributed by atoms with van der Waals surface area (Å²) in [6.07, 6.45) is 3.60. The molecule has 2 heterocycles. The van der Waals surface area contributed by atoms with Crippen LogP contribution in [-0.4, -0.2) is 72.2 Å². The van der Waals surface area contributed by atoms with Gasteiger partial charge in [-0.15, -0.1) is 0 Å². The summed E-state index contributed by atoms with van der Waals surface area (Å²) >= 11 is 0. The molecule has 2 aliphatic rings. The van der Waals surface area contributed by atoms with Crippen LogP contribution in [0.3, 0.4) is 0 Å². The molecule has 0 bridgehead atoms. The summed E-state index contributed by atoms with van der Waals surface area (Å²) in [4.78, 5) is 7.02. The minimum Gasteiger partial charge on any atom is -0.396 e. The number of nitrogens with zero attached hydrogens (tertiary/aromatic N) is 3. The van der Waals surface area contributed by atoms with Gasteiger partial charge in [0.2, 0.25) is 0 Å². The maximum Gasteiger partial charge on any atom is 0.146 e. The second-order valence-corrected chi connectivity index (χ2v) is 4.70. The van der Waals surface area contributed by atoms with Gasteiger partial charge in [-0.2, -0.15) is 0 Å². The second kappa shape index (κ2) is 6.55. The fourth-order valence-corrected chi connectivity index (χ4v) is 2.39. The number of rotatable bonds is 6. The highest BCUT2D eigenvalue weighted by Gasteiger charge is 2.21. The van der Waals surface area contributed by atoms with Crippen LogP contribution < -0.4 is 0 Å². The molecule has 2 fully saturated rings. The maximum atomic E-state index is 8.76. The van der Waals surface area contributed by atoms with Gasteiger partial charge in [0.25, 0.3) is 0 Å². The van der Waals surface area contributed by atoms with Gasteiger partial charge >= 0.3 is 0 Å². The molecule has 92 valence electrons. The SMILES string of the molecule is OCCCN1[C]N(CCN2CCCC2)CC1. The third-order valence-corrected chi connectivity index (χ3v) is 3.39. The standard InChI is InChI=1S/C12H23N3O/c16-11-3-6-14-9-10-15(12-14)8-7-13-4-1-2-5-13/h16H,1-11H2. The lowest BCUT2D eigenvalue weighted by Crippen LogP contribution is -2.31. The summed E-state index contributed by atoms with van der Waals surface area (Å²) in [7, 11) is 0. The third kappa shape index (κ3) is 3.70. The molecule has 2 saturated heterocycles. The lowest BCUT2D eigenvalue weighted by atomic mass is 10.4. The molecule has 4 heteroatoms. The van der Waals surface area contributed by atoms with E-state index in [4.69, 9.17) is 5.11 Å². The van der Waals surface area contributed by atoms with Crippen molar-refractivity contribution in [2.24, 2.45) is 0 Å². The van der Waals surface area contributed by atoms with Crippen LogP contribution in [0.1, 0.15) is 19.3 Å². The molecular weight excluding hydrogens is 202 g/mol. The van der Waals surface area contributed by atoms with Crippen molar-refractivity contribution in [3.8, 4) is 0 Å². The van der Waals surface area contributed by atoms with Gasteiger partial charge in [0.05, 0.1) is 0 Å². The van der Waals surface area contributed by atoms with E-state index in [0.717, 1.165) is 32.6 Å². The molecule has 2 aliphatic heterocycles. The average Bonchev–Trinajstić information content (AvgIpc) is 2.95. The van der Waals surface area contributed by atoms with Crippen LogP contribution in [0.2, 0.25) is 0 Å². The molecule has 0 unspecified atom stereocenters. The first kappa shape index (κ1) is 12.3. The molecule has 0 amide bonds. The molecule has 1 N–H and O–H groups in total. The normalized spacial score (nSPS) is 24.6. The lowest BCUT2D eigenvalue weighted by molar-refractivity contribution is 0.242. The minimum absolute atomic E-state index is 0.284. The van der Waals surface area contributed by atoms with Crippen LogP contribution in [-0.2, 0) is 0 Å². The van der Waals surface area contributed by atoms with Gasteiger partial charge in [-0.1, -0.05) is 0 Å². The molecule has 0 atom stereocenters. The summed E-state index contributed by atoms with van der Waals surface area (Å²) in [6, 6.07) is 0. The fourth-order valence-electron chi connectivity index (χ4n) is 2.39. The molecule has 16 heavy (non-hydrogen) atoms. The molecule has 0 aromatic rings. The first-order valence-corrected chi connectivity index (χ1v) is 6.48. The highest BCUT2D eigenvalue weighted by Crippen LogP contribution is 2.11.